The summed E-state index contributed by atoms with van der Waals surface area (Å²) in [7, 11) is 0. The van der Waals surface area contributed by atoms with Crippen molar-refractivity contribution in [2.75, 3.05) is 13.2 Å². The number of ether oxygens (including phenoxy) is 1. The Bertz CT molecular complexity index is 314. The Hall–Kier alpha value is -0.860. The Kier molecular flexibility index (Phi) is 3.97. The molecule has 0 aliphatic heterocycles. The number of hydrogen-bond acceptors (Lipinski definition) is 2. The molecule has 1 fully saturated rings. The Labute approximate surface area is 97.3 Å². The first kappa shape index (κ1) is 11.6. The van der Waals surface area contributed by atoms with E-state index in [1.807, 2.05) is 12.1 Å². The van der Waals surface area contributed by atoms with E-state index in [1.165, 1.54) is 18.4 Å². The van der Waals surface area contributed by atoms with E-state index >= 15 is 0 Å². The summed E-state index contributed by atoms with van der Waals surface area (Å²) in [5.74, 6) is 0.780. The van der Waals surface area contributed by atoms with Gasteiger partial charge in [0.25, 0.3) is 0 Å². The van der Waals surface area contributed by atoms with Gasteiger partial charge in [-0.05, 0) is 36.3 Å². The molecule has 1 atom stereocenters. The Morgan fingerprint density at radius 1 is 1.31 bits per heavy atom. The van der Waals surface area contributed by atoms with Crippen molar-refractivity contribution in [3.8, 4) is 0 Å². The topological polar surface area (TPSA) is 29.5 Å². The van der Waals surface area contributed by atoms with Crippen molar-refractivity contribution in [2.24, 2.45) is 0 Å². The van der Waals surface area contributed by atoms with Gasteiger partial charge in [0.15, 0.2) is 0 Å². The maximum Gasteiger partial charge on any atom is 0.102 e. The minimum atomic E-state index is -0.486. The Morgan fingerprint density at radius 3 is 2.56 bits per heavy atom. The number of benzene rings is 1. The molecule has 2 heteroatoms. The molecule has 1 aliphatic carbocycles. The molecular weight excluding hydrogens is 200 g/mol. The van der Waals surface area contributed by atoms with Crippen LogP contribution in [0.5, 0.6) is 0 Å². The van der Waals surface area contributed by atoms with Crippen molar-refractivity contribution in [1.82, 2.24) is 0 Å². The van der Waals surface area contributed by atoms with Crippen LogP contribution >= 0.6 is 0 Å². The number of aliphatic hydroxyl groups excluding tert-OH is 1. The predicted octanol–water partition coefficient (Wildman–Crippen LogP) is 3.02. The van der Waals surface area contributed by atoms with Gasteiger partial charge >= 0.3 is 0 Å². The van der Waals surface area contributed by atoms with Gasteiger partial charge < -0.3 is 9.84 Å². The second-order valence-electron chi connectivity index (χ2n) is 4.53. The summed E-state index contributed by atoms with van der Waals surface area (Å²) < 4.78 is 5.34. The summed E-state index contributed by atoms with van der Waals surface area (Å²) in [4.78, 5) is 0. The fourth-order valence-electron chi connectivity index (χ4n) is 1.84. The van der Waals surface area contributed by atoms with Crippen LogP contribution in [-0.2, 0) is 4.74 Å². The van der Waals surface area contributed by atoms with Crippen molar-refractivity contribution >= 4 is 0 Å². The van der Waals surface area contributed by atoms with E-state index in [1.54, 1.807) is 0 Å². The average Bonchev–Trinajstić information content (AvgIpc) is 3.13. The van der Waals surface area contributed by atoms with Crippen molar-refractivity contribution in [2.45, 2.75) is 38.2 Å². The molecule has 0 heterocycles. The van der Waals surface area contributed by atoms with Gasteiger partial charge in [0.05, 0.1) is 6.61 Å². The van der Waals surface area contributed by atoms with Crippen LogP contribution < -0.4 is 0 Å². The van der Waals surface area contributed by atoms with E-state index in [0.717, 1.165) is 24.5 Å². The molecule has 1 saturated carbocycles. The number of rotatable bonds is 6. The third-order valence-electron chi connectivity index (χ3n) is 2.99. The highest BCUT2D eigenvalue weighted by molar-refractivity contribution is 5.29. The van der Waals surface area contributed by atoms with Crippen LogP contribution in [0, 0.1) is 0 Å². The summed E-state index contributed by atoms with van der Waals surface area (Å²) in [6.07, 6.45) is 3.15. The summed E-state index contributed by atoms with van der Waals surface area (Å²) >= 11 is 0. The van der Waals surface area contributed by atoms with Crippen molar-refractivity contribution in [3.05, 3.63) is 35.4 Å². The van der Waals surface area contributed by atoms with E-state index in [-0.39, 0.29) is 0 Å². The lowest BCUT2D eigenvalue weighted by molar-refractivity contribution is 0.0364. The zero-order valence-electron chi connectivity index (χ0n) is 9.86. The van der Waals surface area contributed by atoms with Gasteiger partial charge in [-0.25, -0.2) is 0 Å². The highest BCUT2D eigenvalue weighted by Gasteiger charge is 2.23. The third-order valence-corrected chi connectivity index (χ3v) is 2.99. The average molecular weight is 220 g/mol. The van der Waals surface area contributed by atoms with Gasteiger partial charge in [-0.3, -0.25) is 0 Å². The predicted molar refractivity (Wildman–Crippen MR) is 64.5 cm³/mol. The second-order valence-corrected chi connectivity index (χ2v) is 4.53. The zero-order chi connectivity index (χ0) is 11.4. The molecule has 0 saturated heterocycles. The van der Waals surface area contributed by atoms with Crippen LogP contribution in [0.4, 0.5) is 0 Å². The molecule has 1 aromatic rings. The molecule has 88 valence electrons. The quantitative estimate of drug-likeness (QED) is 0.747. The fraction of sp³-hybridized carbons (Fsp3) is 0.571. The zero-order valence-corrected chi connectivity index (χ0v) is 9.86. The molecule has 0 bridgehead atoms. The second kappa shape index (κ2) is 5.46. The molecule has 0 spiro atoms. The SMILES string of the molecule is CCCOCC(O)c1ccc(C2CC2)cc1. The first-order chi connectivity index (χ1) is 7.81. The van der Waals surface area contributed by atoms with Gasteiger partial charge in [0.2, 0.25) is 0 Å². The van der Waals surface area contributed by atoms with E-state index in [9.17, 15) is 5.11 Å². The minimum absolute atomic E-state index is 0.399. The van der Waals surface area contributed by atoms with Crippen LogP contribution in [0.15, 0.2) is 24.3 Å². The lowest BCUT2D eigenvalue weighted by Gasteiger charge is -2.11. The van der Waals surface area contributed by atoms with Crippen molar-refractivity contribution in [3.63, 3.8) is 0 Å². The van der Waals surface area contributed by atoms with Crippen LogP contribution in [0.1, 0.15) is 49.3 Å². The highest BCUT2D eigenvalue weighted by Crippen LogP contribution is 2.40. The Balaban J connectivity index is 1.87. The summed E-state index contributed by atoms with van der Waals surface area (Å²) in [5.41, 5.74) is 2.37. The van der Waals surface area contributed by atoms with Crippen LogP contribution in [0.25, 0.3) is 0 Å². The lowest BCUT2D eigenvalue weighted by Crippen LogP contribution is -2.07. The van der Waals surface area contributed by atoms with Gasteiger partial charge in [-0.15, -0.1) is 0 Å². The molecule has 2 nitrogen and oxygen atoms in total. The summed E-state index contributed by atoms with van der Waals surface area (Å²) in [5, 5.41) is 9.87. The largest absolute Gasteiger partial charge is 0.386 e. The molecule has 0 amide bonds. The summed E-state index contributed by atoms with van der Waals surface area (Å²) in [6.45, 7) is 3.19. The molecule has 1 aliphatic rings. The van der Waals surface area contributed by atoms with Crippen molar-refractivity contribution in [1.29, 1.82) is 0 Å². The van der Waals surface area contributed by atoms with E-state index in [0.29, 0.717) is 6.61 Å². The molecule has 0 radical (unpaired) electrons. The monoisotopic (exact) mass is 220 g/mol. The van der Waals surface area contributed by atoms with Gasteiger partial charge in [-0.1, -0.05) is 31.2 Å². The van der Waals surface area contributed by atoms with Gasteiger partial charge in [0.1, 0.15) is 6.10 Å². The van der Waals surface area contributed by atoms with Crippen LogP contribution in [0.3, 0.4) is 0 Å². The van der Waals surface area contributed by atoms with Crippen molar-refractivity contribution < 1.29 is 9.84 Å². The molecular formula is C14H20O2. The van der Waals surface area contributed by atoms with E-state index in [4.69, 9.17) is 4.74 Å². The minimum Gasteiger partial charge on any atom is -0.386 e. The normalized spacial score (nSPS) is 17.4. The molecule has 2 rings (SSSR count). The molecule has 1 aromatic carbocycles. The van der Waals surface area contributed by atoms with Crippen LogP contribution in [-0.4, -0.2) is 18.3 Å². The third kappa shape index (κ3) is 3.06. The standard InChI is InChI=1S/C14H20O2/c1-2-9-16-10-14(15)13-7-5-12(6-8-13)11-3-4-11/h5-8,11,14-15H,2-4,9-10H2,1H3. The first-order valence-corrected chi connectivity index (χ1v) is 6.17. The van der Waals surface area contributed by atoms with Gasteiger partial charge in [-0.2, -0.15) is 0 Å². The fourth-order valence-corrected chi connectivity index (χ4v) is 1.84. The maximum absolute atomic E-state index is 9.87. The van der Waals surface area contributed by atoms with E-state index in [2.05, 4.69) is 19.1 Å². The smallest absolute Gasteiger partial charge is 0.102 e. The van der Waals surface area contributed by atoms with Gasteiger partial charge in [0, 0.05) is 6.61 Å². The maximum atomic E-state index is 9.87. The lowest BCUT2D eigenvalue weighted by atomic mass is 10.1. The molecule has 1 N–H and O–H groups in total. The molecule has 16 heavy (non-hydrogen) atoms. The first-order valence-electron chi connectivity index (χ1n) is 6.17. The molecule has 0 aromatic heterocycles. The highest BCUT2D eigenvalue weighted by atomic mass is 16.5. The number of aliphatic hydroxyl groups is 1. The van der Waals surface area contributed by atoms with E-state index < -0.39 is 6.10 Å². The molecule has 1 unspecified atom stereocenters. The Morgan fingerprint density at radius 2 is 2.00 bits per heavy atom. The summed E-state index contributed by atoms with van der Waals surface area (Å²) in [6, 6.07) is 8.31. The number of hydrogen-bond donors (Lipinski definition) is 1. The van der Waals surface area contributed by atoms with Crippen LogP contribution in [0.2, 0.25) is 0 Å².